The lowest BCUT2D eigenvalue weighted by Crippen LogP contribution is -2.44. The number of rotatable bonds is 3. The monoisotopic (exact) mass is 330 g/mol. The summed E-state index contributed by atoms with van der Waals surface area (Å²) in [6.07, 6.45) is -0.724. The molecule has 0 amide bonds. The Morgan fingerprint density at radius 2 is 2.17 bits per heavy atom. The SMILES string of the molecule is CN([C@@H]1CNC[C@H]1O)S(=O)(=O)c1cc(Cl)sc1Cl. The lowest BCUT2D eigenvalue weighted by molar-refractivity contribution is 0.136. The van der Waals surface area contributed by atoms with Gasteiger partial charge in [0.25, 0.3) is 0 Å². The predicted octanol–water partition coefficient (Wildman–Crippen LogP) is 1.01. The number of hydrogen-bond donors (Lipinski definition) is 2. The molecule has 0 radical (unpaired) electrons. The van der Waals surface area contributed by atoms with E-state index in [0.29, 0.717) is 17.4 Å². The standard InChI is InChI=1S/C9H12Cl2N2O3S2/c1-13(5-3-12-4-6(5)14)18(15,16)7-2-8(10)17-9(7)11/h2,5-6,12,14H,3-4H2,1H3/t5-,6-/m1/s1. The zero-order chi connectivity index (χ0) is 13.5. The minimum absolute atomic E-state index is 0.0132. The van der Waals surface area contributed by atoms with Gasteiger partial charge in [-0.2, -0.15) is 4.31 Å². The predicted molar refractivity (Wildman–Crippen MR) is 72.0 cm³/mol. The number of aliphatic hydroxyl groups is 1. The van der Waals surface area contributed by atoms with E-state index in [2.05, 4.69) is 5.32 Å². The number of nitrogens with one attached hydrogen (secondary N) is 1. The van der Waals surface area contributed by atoms with Crippen molar-refractivity contribution in [1.82, 2.24) is 9.62 Å². The minimum Gasteiger partial charge on any atom is -0.390 e. The van der Waals surface area contributed by atoms with Crippen molar-refractivity contribution in [2.24, 2.45) is 0 Å². The zero-order valence-electron chi connectivity index (χ0n) is 9.43. The van der Waals surface area contributed by atoms with E-state index in [4.69, 9.17) is 23.2 Å². The summed E-state index contributed by atoms with van der Waals surface area (Å²) in [6, 6.07) is 0.833. The zero-order valence-corrected chi connectivity index (χ0v) is 12.6. The van der Waals surface area contributed by atoms with E-state index in [1.165, 1.54) is 13.1 Å². The van der Waals surface area contributed by atoms with Crippen molar-refractivity contribution in [3.05, 3.63) is 14.7 Å². The number of aliphatic hydroxyl groups excluding tert-OH is 1. The Morgan fingerprint density at radius 1 is 1.50 bits per heavy atom. The lowest BCUT2D eigenvalue weighted by Gasteiger charge is -2.25. The molecule has 0 aliphatic carbocycles. The third-order valence-electron chi connectivity index (χ3n) is 2.90. The summed E-state index contributed by atoms with van der Waals surface area (Å²) in [6.45, 7) is 0.787. The highest BCUT2D eigenvalue weighted by atomic mass is 35.5. The summed E-state index contributed by atoms with van der Waals surface area (Å²) in [4.78, 5) is -0.0132. The Kier molecular flexibility index (Phi) is 4.23. The molecule has 2 atom stereocenters. The number of likely N-dealkylation sites (N-methyl/N-ethyl adjacent to an activating group) is 1. The molecule has 1 aromatic rings. The Morgan fingerprint density at radius 3 is 2.61 bits per heavy atom. The fourth-order valence-corrected chi connectivity index (χ4v) is 5.35. The van der Waals surface area contributed by atoms with Crippen molar-refractivity contribution in [3.63, 3.8) is 0 Å². The van der Waals surface area contributed by atoms with E-state index < -0.39 is 22.2 Å². The van der Waals surface area contributed by atoms with Gasteiger partial charge in [0.15, 0.2) is 0 Å². The summed E-state index contributed by atoms with van der Waals surface area (Å²) in [5.74, 6) is 0. The number of halogens is 2. The first-order chi connectivity index (χ1) is 8.34. The van der Waals surface area contributed by atoms with Crippen molar-refractivity contribution in [1.29, 1.82) is 0 Å². The molecule has 0 saturated carbocycles. The molecular formula is C9H12Cl2N2O3S2. The average Bonchev–Trinajstić information content (AvgIpc) is 2.83. The number of nitrogens with zero attached hydrogens (tertiary/aromatic N) is 1. The molecular weight excluding hydrogens is 319 g/mol. The molecule has 0 unspecified atom stereocenters. The largest absolute Gasteiger partial charge is 0.390 e. The van der Waals surface area contributed by atoms with Crippen molar-refractivity contribution in [3.8, 4) is 0 Å². The van der Waals surface area contributed by atoms with Gasteiger partial charge < -0.3 is 10.4 Å². The van der Waals surface area contributed by atoms with Gasteiger partial charge in [-0.15, -0.1) is 11.3 Å². The van der Waals surface area contributed by atoms with Crippen LogP contribution < -0.4 is 5.32 Å². The summed E-state index contributed by atoms with van der Waals surface area (Å²) in [5, 5.41) is 12.7. The molecule has 0 aromatic carbocycles. The van der Waals surface area contributed by atoms with Crippen LogP contribution >= 0.6 is 34.5 Å². The van der Waals surface area contributed by atoms with Crippen molar-refractivity contribution >= 4 is 44.6 Å². The van der Waals surface area contributed by atoms with Crippen LogP contribution in [0.15, 0.2) is 11.0 Å². The van der Waals surface area contributed by atoms with E-state index in [-0.39, 0.29) is 9.23 Å². The Balaban J connectivity index is 2.34. The normalized spacial score (nSPS) is 24.9. The first kappa shape index (κ1) is 14.5. The van der Waals surface area contributed by atoms with Gasteiger partial charge in [0.05, 0.1) is 16.5 Å². The maximum Gasteiger partial charge on any atom is 0.245 e. The fraction of sp³-hybridized carbons (Fsp3) is 0.556. The summed E-state index contributed by atoms with van der Waals surface area (Å²) in [5.41, 5.74) is 0. The van der Waals surface area contributed by atoms with E-state index in [9.17, 15) is 13.5 Å². The van der Waals surface area contributed by atoms with Crippen LogP contribution in [0.1, 0.15) is 0 Å². The average molecular weight is 331 g/mol. The van der Waals surface area contributed by atoms with Crippen LogP contribution in [0.4, 0.5) is 0 Å². The van der Waals surface area contributed by atoms with Crippen molar-refractivity contribution in [2.75, 3.05) is 20.1 Å². The van der Waals surface area contributed by atoms with Crippen LogP contribution in [-0.4, -0.2) is 50.1 Å². The number of sulfonamides is 1. The van der Waals surface area contributed by atoms with Crippen LogP contribution in [0.3, 0.4) is 0 Å². The summed E-state index contributed by atoms with van der Waals surface area (Å²) >= 11 is 12.6. The Hall–Kier alpha value is 0.110. The van der Waals surface area contributed by atoms with Crippen molar-refractivity contribution < 1.29 is 13.5 Å². The maximum atomic E-state index is 12.3. The van der Waals surface area contributed by atoms with Crippen LogP contribution in [0, 0.1) is 0 Å². The smallest absolute Gasteiger partial charge is 0.245 e. The number of hydrogen-bond acceptors (Lipinski definition) is 5. The van der Waals surface area contributed by atoms with E-state index >= 15 is 0 Å². The van der Waals surface area contributed by atoms with Crippen LogP contribution in [-0.2, 0) is 10.0 Å². The molecule has 2 heterocycles. The quantitative estimate of drug-likeness (QED) is 0.867. The van der Waals surface area contributed by atoms with E-state index in [1.807, 2.05) is 0 Å². The lowest BCUT2D eigenvalue weighted by atomic mass is 10.2. The number of β-amino-alcohol motifs (C(OH)–C–C–N with tert-alkyl or cyclic N) is 1. The van der Waals surface area contributed by atoms with Crippen LogP contribution in [0.2, 0.25) is 8.67 Å². The van der Waals surface area contributed by atoms with Gasteiger partial charge in [0, 0.05) is 20.1 Å². The topological polar surface area (TPSA) is 69.6 Å². The molecule has 102 valence electrons. The second-order valence-corrected chi connectivity index (χ2v) is 8.25. The maximum absolute atomic E-state index is 12.3. The highest BCUT2D eigenvalue weighted by Crippen LogP contribution is 2.36. The van der Waals surface area contributed by atoms with Crippen LogP contribution in [0.5, 0.6) is 0 Å². The van der Waals surface area contributed by atoms with Gasteiger partial charge in [0.1, 0.15) is 9.23 Å². The Labute approximate surface area is 119 Å². The van der Waals surface area contributed by atoms with Crippen molar-refractivity contribution in [2.45, 2.75) is 17.0 Å². The molecule has 2 rings (SSSR count). The second kappa shape index (κ2) is 5.24. The number of thiophene rings is 1. The molecule has 0 spiro atoms. The van der Waals surface area contributed by atoms with E-state index in [1.54, 1.807) is 0 Å². The summed E-state index contributed by atoms with van der Waals surface area (Å²) < 4.78 is 26.3. The molecule has 1 saturated heterocycles. The third kappa shape index (κ3) is 2.53. The minimum atomic E-state index is -3.74. The second-order valence-electron chi connectivity index (χ2n) is 4.00. The first-order valence-electron chi connectivity index (χ1n) is 5.15. The molecule has 0 bridgehead atoms. The molecule has 5 nitrogen and oxygen atoms in total. The van der Waals surface area contributed by atoms with Gasteiger partial charge in [-0.05, 0) is 6.07 Å². The van der Waals surface area contributed by atoms with Gasteiger partial charge in [-0.25, -0.2) is 8.42 Å². The van der Waals surface area contributed by atoms with Gasteiger partial charge in [-0.1, -0.05) is 23.2 Å². The van der Waals surface area contributed by atoms with Gasteiger partial charge in [0.2, 0.25) is 10.0 Å². The molecule has 1 aliphatic heterocycles. The van der Waals surface area contributed by atoms with Gasteiger partial charge in [-0.3, -0.25) is 0 Å². The third-order valence-corrected chi connectivity index (χ3v) is 6.54. The first-order valence-corrected chi connectivity index (χ1v) is 8.17. The molecule has 1 aliphatic rings. The molecule has 1 fully saturated rings. The van der Waals surface area contributed by atoms with Crippen LogP contribution in [0.25, 0.3) is 0 Å². The molecule has 2 N–H and O–H groups in total. The summed E-state index contributed by atoms with van der Waals surface area (Å²) in [7, 11) is -2.31. The highest BCUT2D eigenvalue weighted by molar-refractivity contribution is 7.89. The van der Waals surface area contributed by atoms with E-state index in [0.717, 1.165) is 15.6 Å². The Bertz CT molecular complexity index is 546. The van der Waals surface area contributed by atoms with Gasteiger partial charge >= 0.3 is 0 Å². The molecule has 1 aromatic heterocycles. The highest BCUT2D eigenvalue weighted by Gasteiger charge is 2.37. The molecule has 9 heteroatoms. The fourth-order valence-electron chi connectivity index (χ4n) is 1.86. The molecule has 18 heavy (non-hydrogen) atoms.